The Kier molecular flexibility index (Phi) is 5.22. The molecule has 0 aromatic heterocycles. The van der Waals surface area contributed by atoms with Crippen LogP contribution in [0.2, 0.25) is 0 Å². The lowest BCUT2D eigenvalue weighted by Gasteiger charge is -2.28. The second-order valence-electron chi connectivity index (χ2n) is 7.73. The molecule has 0 N–H and O–H groups in total. The third-order valence-corrected chi connectivity index (χ3v) is 5.37. The van der Waals surface area contributed by atoms with Gasteiger partial charge in [-0.2, -0.15) is 0 Å². The molecule has 154 valence electrons. The van der Waals surface area contributed by atoms with Gasteiger partial charge in [-0.25, -0.2) is 19.3 Å². The standard InChI is InChI=1S/C18H24N2O8/c1-10(7-27-17(24)25-4)12-6-19-13(8-26-15(19)22)11(12)5-14(21)20-16(23)28-9-18(20,2)3/h11,13H,5-9H2,1-4H3/b12-10+/t11-,13+/m0/s1. The Labute approximate surface area is 162 Å². The summed E-state index contributed by atoms with van der Waals surface area (Å²) in [6, 6.07) is -0.304. The maximum absolute atomic E-state index is 12.9. The second kappa shape index (κ2) is 7.33. The van der Waals surface area contributed by atoms with Gasteiger partial charge in [0.15, 0.2) is 0 Å². The van der Waals surface area contributed by atoms with Crippen molar-refractivity contribution in [2.75, 3.05) is 33.5 Å². The number of fused-ring (bicyclic) bond motifs is 1. The topological polar surface area (TPSA) is 112 Å². The van der Waals surface area contributed by atoms with Gasteiger partial charge in [-0.15, -0.1) is 0 Å². The maximum atomic E-state index is 12.9. The first-order valence-electron chi connectivity index (χ1n) is 8.98. The Balaban J connectivity index is 1.82. The van der Waals surface area contributed by atoms with Gasteiger partial charge in [-0.3, -0.25) is 9.69 Å². The highest BCUT2D eigenvalue weighted by Crippen LogP contribution is 2.39. The molecular weight excluding hydrogens is 372 g/mol. The molecule has 0 aliphatic carbocycles. The number of amides is 3. The van der Waals surface area contributed by atoms with Crippen molar-refractivity contribution in [3.63, 3.8) is 0 Å². The fourth-order valence-electron chi connectivity index (χ4n) is 3.88. The highest BCUT2D eigenvalue weighted by atomic mass is 16.7. The molecule has 2 atom stereocenters. The summed E-state index contributed by atoms with van der Waals surface area (Å²) in [5.41, 5.74) is 0.819. The van der Waals surface area contributed by atoms with Crippen molar-refractivity contribution in [3.8, 4) is 0 Å². The zero-order valence-corrected chi connectivity index (χ0v) is 16.4. The molecule has 3 amide bonds. The molecule has 3 rings (SSSR count). The van der Waals surface area contributed by atoms with E-state index < -0.39 is 23.9 Å². The van der Waals surface area contributed by atoms with Crippen LogP contribution < -0.4 is 0 Å². The van der Waals surface area contributed by atoms with Crippen molar-refractivity contribution in [1.82, 2.24) is 9.80 Å². The smallest absolute Gasteiger partial charge is 0.447 e. The molecule has 10 nitrogen and oxygen atoms in total. The lowest BCUT2D eigenvalue weighted by molar-refractivity contribution is -0.131. The van der Waals surface area contributed by atoms with Crippen LogP contribution >= 0.6 is 0 Å². The fourth-order valence-corrected chi connectivity index (χ4v) is 3.88. The van der Waals surface area contributed by atoms with Gasteiger partial charge in [-0.1, -0.05) is 0 Å². The predicted octanol–water partition coefficient (Wildman–Crippen LogP) is 1.68. The van der Waals surface area contributed by atoms with Crippen LogP contribution in [0.5, 0.6) is 0 Å². The summed E-state index contributed by atoms with van der Waals surface area (Å²) in [6.07, 6.45) is -1.91. The first-order valence-corrected chi connectivity index (χ1v) is 8.98. The molecule has 3 saturated heterocycles. The molecule has 0 aromatic carbocycles. The van der Waals surface area contributed by atoms with Crippen molar-refractivity contribution < 1.29 is 38.1 Å². The largest absolute Gasteiger partial charge is 0.508 e. The number of carbonyl (C=O) groups excluding carboxylic acids is 4. The molecule has 0 bridgehead atoms. The lowest BCUT2D eigenvalue weighted by atomic mass is 9.89. The third-order valence-electron chi connectivity index (χ3n) is 5.37. The van der Waals surface area contributed by atoms with Gasteiger partial charge in [0.25, 0.3) is 0 Å². The minimum Gasteiger partial charge on any atom is -0.447 e. The highest BCUT2D eigenvalue weighted by Gasteiger charge is 2.50. The molecular formula is C18H24N2O8. The number of methoxy groups -OCH3 is 1. The van der Waals surface area contributed by atoms with Crippen LogP contribution in [0.3, 0.4) is 0 Å². The normalized spacial score (nSPS) is 27.3. The number of hydrogen-bond acceptors (Lipinski definition) is 8. The zero-order valence-electron chi connectivity index (χ0n) is 16.4. The van der Waals surface area contributed by atoms with Gasteiger partial charge in [-0.05, 0) is 31.9 Å². The molecule has 28 heavy (non-hydrogen) atoms. The first-order chi connectivity index (χ1) is 13.2. The molecule has 0 aromatic rings. The van der Waals surface area contributed by atoms with Gasteiger partial charge >= 0.3 is 18.3 Å². The third kappa shape index (κ3) is 3.50. The van der Waals surface area contributed by atoms with Crippen molar-refractivity contribution in [3.05, 3.63) is 11.1 Å². The maximum Gasteiger partial charge on any atom is 0.508 e. The van der Waals surface area contributed by atoms with Crippen molar-refractivity contribution in [2.45, 2.75) is 38.8 Å². The molecule has 0 spiro atoms. The summed E-state index contributed by atoms with van der Waals surface area (Å²) in [5, 5.41) is 0. The van der Waals surface area contributed by atoms with Crippen molar-refractivity contribution in [1.29, 1.82) is 0 Å². The van der Waals surface area contributed by atoms with Gasteiger partial charge in [0.05, 0.1) is 18.7 Å². The summed E-state index contributed by atoms with van der Waals surface area (Å²) in [5.74, 6) is -0.720. The number of ether oxygens (including phenoxy) is 4. The molecule has 3 fully saturated rings. The molecule has 3 aliphatic rings. The molecule has 3 aliphatic heterocycles. The van der Waals surface area contributed by atoms with Gasteiger partial charge < -0.3 is 18.9 Å². The summed E-state index contributed by atoms with van der Waals surface area (Å²) in [6.45, 7) is 5.85. The Morgan fingerprint density at radius 1 is 1.21 bits per heavy atom. The van der Waals surface area contributed by atoms with Gasteiger partial charge in [0, 0.05) is 18.9 Å². The van der Waals surface area contributed by atoms with E-state index in [0.29, 0.717) is 0 Å². The Hall–Kier alpha value is -2.78. The minimum absolute atomic E-state index is 0.0143. The van der Waals surface area contributed by atoms with E-state index in [2.05, 4.69) is 4.74 Å². The fraction of sp³-hybridized carbons (Fsp3) is 0.667. The molecule has 0 radical (unpaired) electrons. The number of carbonyl (C=O) groups is 4. The number of rotatable bonds is 4. The molecule has 0 saturated carbocycles. The summed E-state index contributed by atoms with van der Waals surface area (Å²) in [7, 11) is 1.21. The van der Waals surface area contributed by atoms with Crippen LogP contribution in [0.1, 0.15) is 27.2 Å². The number of nitrogens with zero attached hydrogens (tertiary/aromatic N) is 2. The monoisotopic (exact) mass is 396 g/mol. The van der Waals surface area contributed by atoms with E-state index in [4.69, 9.17) is 14.2 Å². The average molecular weight is 396 g/mol. The van der Waals surface area contributed by atoms with Crippen molar-refractivity contribution in [2.24, 2.45) is 5.92 Å². The molecule has 3 heterocycles. The van der Waals surface area contributed by atoms with E-state index in [1.165, 1.54) is 7.11 Å². The quantitative estimate of drug-likeness (QED) is 0.401. The van der Waals surface area contributed by atoms with Crippen LogP contribution in [0.15, 0.2) is 11.1 Å². The van der Waals surface area contributed by atoms with Crippen LogP contribution in [0.25, 0.3) is 0 Å². The SMILES string of the molecule is COC(=O)OC/C(C)=C1\CN2C(=O)OC[C@@H]2[C@H]1CC(=O)N1C(=O)OCC1(C)C. The van der Waals surface area contributed by atoms with Crippen molar-refractivity contribution >= 4 is 24.2 Å². The van der Waals surface area contributed by atoms with E-state index in [9.17, 15) is 19.2 Å². The molecule has 0 unspecified atom stereocenters. The highest BCUT2D eigenvalue weighted by molar-refractivity contribution is 5.94. The number of imide groups is 1. The van der Waals surface area contributed by atoms with Crippen LogP contribution in [0, 0.1) is 5.92 Å². The lowest BCUT2D eigenvalue weighted by Crippen LogP contribution is -2.47. The van der Waals surface area contributed by atoms with Gasteiger partial charge in [0.2, 0.25) is 5.91 Å². The zero-order chi connectivity index (χ0) is 20.6. The predicted molar refractivity (Wildman–Crippen MR) is 93.3 cm³/mol. The summed E-state index contributed by atoms with van der Waals surface area (Å²) in [4.78, 5) is 50.9. The van der Waals surface area contributed by atoms with Crippen LogP contribution in [-0.4, -0.2) is 79.1 Å². The average Bonchev–Trinajstić information content (AvgIpc) is 3.26. The minimum atomic E-state index is -0.813. The van der Waals surface area contributed by atoms with E-state index in [1.807, 2.05) is 0 Å². The van der Waals surface area contributed by atoms with E-state index in [0.717, 1.165) is 16.0 Å². The second-order valence-corrected chi connectivity index (χ2v) is 7.73. The van der Waals surface area contributed by atoms with E-state index >= 15 is 0 Å². The molecule has 10 heteroatoms. The number of cyclic esters (lactones) is 2. The van der Waals surface area contributed by atoms with Crippen LogP contribution in [-0.2, 0) is 23.7 Å². The Morgan fingerprint density at radius 3 is 2.54 bits per heavy atom. The van der Waals surface area contributed by atoms with Gasteiger partial charge in [0.1, 0.15) is 19.8 Å². The Bertz CT molecular complexity index is 744. The number of hydrogen-bond donors (Lipinski definition) is 0. The summed E-state index contributed by atoms with van der Waals surface area (Å²) < 4.78 is 19.6. The Morgan fingerprint density at radius 2 is 1.93 bits per heavy atom. The van der Waals surface area contributed by atoms with E-state index in [-0.39, 0.29) is 50.7 Å². The van der Waals surface area contributed by atoms with Crippen LogP contribution in [0.4, 0.5) is 14.4 Å². The first kappa shape index (κ1) is 20.0. The summed E-state index contributed by atoms with van der Waals surface area (Å²) >= 11 is 0. The van der Waals surface area contributed by atoms with E-state index in [1.54, 1.807) is 25.7 Å².